The van der Waals surface area contributed by atoms with E-state index in [9.17, 15) is 13.2 Å². The lowest BCUT2D eigenvalue weighted by molar-refractivity contribution is -0.138. The van der Waals surface area contributed by atoms with E-state index in [1.165, 1.54) is 0 Å². The van der Waals surface area contributed by atoms with Gasteiger partial charge < -0.3 is 0 Å². The highest BCUT2D eigenvalue weighted by Gasteiger charge is 2.30. The molecule has 1 aromatic heterocycles. The lowest BCUT2D eigenvalue weighted by atomic mass is 10.3. The molecule has 53 valence electrons. The van der Waals surface area contributed by atoms with Crippen molar-refractivity contribution in [2.45, 2.75) is 6.18 Å². The number of alkyl halides is 3. The minimum atomic E-state index is -4.37. The second kappa shape index (κ2) is 2.24. The molecule has 0 aliphatic heterocycles. The fourth-order valence-electron chi connectivity index (χ4n) is 0.415. The van der Waals surface area contributed by atoms with Gasteiger partial charge in [0.05, 0.1) is 18.0 Å². The van der Waals surface area contributed by atoms with E-state index >= 15 is 0 Å². The average molecular weight is 147 g/mol. The van der Waals surface area contributed by atoms with E-state index in [-0.39, 0.29) is 0 Å². The summed E-state index contributed by atoms with van der Waals surface area (Å²) in [6.45, 7) is 0. The van der Waals surface area contributed by atoms with E-state index < -0.39 is 11.7 Å². The van der Waals surface area contributed by atoms with Crippen molar-refractivity contribution in [2.75, 3.05) is 0 Å². The Bertz CT molecular complexity index is 206. The molecule has 0 atom stereocenters. The molecule has 0 aliphatic carbocycles. The molecule has 0 saturated carbocycles. The molecule has 1 aromatic rings. The van der Waals surface area contributed by atoms with Gasteiger partial charge >= 0.3 is 6.18 Å². The number of rotatable bonds is 0. The van der Waals surface area contributed by atoms with Crippen molar-refractivity contribution in [1.82, 2.24) is 10.2 Å². The highest BCUT2D eigenvalue weighted by atomic mass is 19.4. The topological polar surface area (TPSA) is 25.8 Å². The zero-order valence-electron chi connectivity index (χ0n) is 4.68. The maximum Gasteiger partial charge on any atom is 0.418 e. The normalized spacial score (nSPS) is 11.5. The maximum absolute atomic E-state index is 11.7. The first kappa shape index (κ1) is 6.98. The van der Waals surface area contributed by atoms with Crippen LogP contribution in [-0.2, 0) is 6.18 Å². The van der Waals surface area contributed by atoms with Crippen LogP contribution in [0, 0.1) is 6.07 Å². The van der Waals surface area contributed by atoms with Crippen molar-refractivity contribution in [3.63, 3.8) is 0 Å². The molecule has 1 heterocycles. The summed E-state index contributed by atoms with van der Waals surface area (Å²) in [4.78, 5) is 0. The zero-order chi connectivity index (χ0) is 7.61. The second-order valence-electron chi connectivity index (χ2n) is 1.54. The van der Waals surface area contributed by atoms with Crippen LogP contribution in [0.2, 0.25) is 0 Å². The van der Waals surface area contributed by atoms with Gasteiger partial charge in [-0.15, -0.1) is 0 Å². The third kappa shape index (κ3) is 1.43. The number of hydrogen-bond donors (Lipinski definition) is 0. The SMILES string of the molecule is FC(F)(F)c1[c]cnnc1. The van der Waals surface area contributed by atoms with Gasteiger partial charge in [0.2, 0.25) is 0 Å². The van der Waals surface area contributed by atoms with Crippen LogP contribution in [-0.4, -0.2) is 10.2 Å². The van der Waals surface area contributed by atoms with Crippen molar-refractivity contribution in [3.05, 3.63) is 24.0 Å². The summed E-state index contributed by atoms with van der Waals surface area (Å²) >= 11 is 0. The van der Waals surface area contributed by atoms with E-state index in [0.717, 1.165) is 6.20 Å². The lowest BCUT2D eigenvalue weighted by Gasteiger charge is -2.02. The van der Waals surface area contributed by atoms with Gasteiger partial charge in [-0.2, -0.15) is 23.4 Å². The summed E-state index contributed by atoms with van der Waals surface area (Å²) in [5.41, 5.74) is -0.900. The van der Waals surface area contributed by atoms with Gasteiger partial charge in [-0.05, 0) is 0 Å². The smallest absolute Gasteiger partial charge is 0.166 e. The summed E-state index contributed by atoms with van der Waals surface area (Å²) in [7, 11) is 0. The van der Waals surface area contributed by atoms with Crippen LogP contribution in [0.1, 0.15) is 5.56 Å². The van der Waals surface area contributed by atoms with Crippen LogP contribution in [0.5, 0.6) is 0 Å². The minimum absolute atomic E-state index is 0.625. The van der Waals surface area contributed by atoms with E-state index in [4.69, 9.17) is 0 Å². The minimum Gasteiger partial charge on any atom is -0.166 e. The van der Waals surface area contributed by atoms with Crippen LogP contribution in [0.3, 0.4) is 0 Å². The molecule has 1 rings (SSSR count). The third-order valence-electron chi connectivity index (χ3n) is 0.837. The van der Waals surface area contributed by atoms with Crippen LogP contribution < -0.4 is 0 Å². The predicted octanol–water partition coefficient (Wildman–Crippen LogP) is 1.30. The Kier molecular flexibility index (Phi) is 1.57. The van der Waals surface area contributed by atoms with E-state index in [1.807, 2.05) is 6.07 Å². The first-order chi connectivity index (χ1) is 4.61. The van der Waals surface area contributed by atoms with Gasteiger partial charge in [0.25, 0.3) is 0 Å². The largest absolute Gasteiger partial charge is 0.418 e. The molecule has 2 nitrogen and oxygen atoms in total. The van der Waals surface area contributed by atoms with E-state index in [0.29, 0.717) is 6.20 Å². The fraction of sp³-hybridized carbons (Fsp3) is 0.200. The van der Waals surface area contributed by atoms with Crippen LogP contribution in [0.15, 0.2) is 12.4 Å². The molecule has 0 unspecified atom stereocenters. The molecule has 0 bridgehead atoms. The molecule has 0 fully saturated rings. The quantitative estimate of drug-likeness (QED) is 0.552. The monoisotopic (exact) mass is 147 g/mol. The van der Waals surface area contributed by atoms with Crippen molar-refractivity contribution in [3.8, 4) is 0 Å². The Morgan fingerprint density at radius 2 is 2.00 bits per heavy atom. The summed E-state index contributed by atoms with van der Waals surface area (Å²) in [6, 6.07) is 1.91. The highest BCUT2D eigenvalue weighted by molar-refractivity contribution is 5.07. The summed E-state index contributed by atoms with van der Waals surface area (Å²) in [6.07, 6.45) is -2.86. The maximum atomic E-state index is 11.7. The molecule has 0 N–H and O–H groups in total. The average Bonchev–Trinajstić information content (AvgIpc) is 1.88. The molecular formula is C5H2F3N2. The molecule has 0 aliphatic rings. The molecule has 5 heteroatoms. The molecule has 1 radical (unpaired) electrons. The number of aromatic nitrogens is 2. The van der Waals surface area contributed by atoms with Crippen LogP contribution in [0.4, 0.5) is 13.2 Å². The van der Waals surface area contributed by atoms with Crippen molar-refractivity contribution >= 4 is 0 Å². The van der Waals surface area contributed by atoms with E-state index in [1.54, 1.807) is 0 Å². The van der Waals surface area contributed by atoms with Crippen LogP contribution in [0.25, 0.3) is 0 Å². The Morgan fingerprint density at radius 1 is 1.30 bits per heavy atom. The highest BCUT2D eigenvalue weighted by Crippen LogP contribution is 2.27. The fourth-order valence-corrected chi connectivity index (χ4v) is 0.415. The zero-order valence-corrected chi connectivity index (χ0v) is 4.68. The number of halogens is 3. The third-order valence-corrected chi connectivity index (χ3v) is 0.837. The van der Waals surface area contributed by atoms with Crippen LogP contribution >= 0.6 is 0 Å². The van der Waals surface area contributed by atoms with Gasteiger partial charge in [-0.1, -0.05) is 0 Å². The Morgan fingerprint density at radius 3 is 2.30 bits per heavy atom. The molecule has 0 saturated heterocycles. The van der Waals surface area contributed by atoms with Gasteiger partial charge in [-0.25, -0.2) is 0 Å². The predicted molar refractivity (Wildman–Crippen MR) is 25.9 cm³/mol. The second-order valence-corrected chi connectivity index (χ2v) is 1.54. The number of hydrogen-bond acceptors (Lipinski definition) is 2. The van der Waals surface area contributed by atoms with E-state index in [2.05, 4.69) is 10.2 Å². The Balaban J connectivity index is 2.97. The van der Waals surface area contributed by atoms with Crippen molar-refractivity contribution in [2.24, 2.45) is 0 Å². The molecular weight excluding hydrogens is 145 g/mol. The summed E-state index contributed by atoms with van der Waals surface area (Å²) < 4.78 is 35.1. The Hall–Kier alpha value is -1.13. The summed E-state index contributed by atoms with van der Waals surface area (Å²) in [5, 5.41) is 6.20. The Labute approximate surface area is 54.7 Å². The standard InChI is InChI=1S/C5H2F3N2/c6-5(7,8)4-1-2-9-10-3-4/h2-3H. The van der Waals surface area contributed by atoms with Gasteiger partial charge in [0.15, 0.2) is 0 Å². The first-order valence-corrected chi connectivity index (χ1v) is 2.36. The molecule has 10 heavy (non-hydrogen) atoms. The van der Waals surface area contributed by atoms with Crippen molar-refractivity contribution in [1.29, 1.82) is 0 Å². The molecule has 0 aromatic carbocycles. The molecule has 0 amide bonds. The first-order valence-electron chi connectivity index (χ1n) is 2.36. The van der Waals surface area contributed by atoms with Gasteiger partial charge in [0.1, 0.15) is 0 Å². The number of nitrogens with zero attached hydrogens (tertiary/aromatic N) is 2. The molecule has 0 spiro atoms. The lowest BCUT2D eigenvalue weighted by Crippen LogP contribution is -2.05. The summed E-state index contributed by atoms with van der Waals surface area (Å²) in [5.74, 6) is 0. The van der Waals surface area contributed by atoms with Crippen molar-refractivity contribution < 1.29 is 13.2 Å². The van der Waals surface area contributed by atoms with Gasteiger partial charge in [0, 0.05) is 6.07 Å². The van der Waals surface area contributed by atoms with Gasteiger partial charge in [-0.3, -0.25) is 0 Å².